The van der Waals surface area contributed by atoms with E-state index in [1.165, 1.54) is 23.1 Å². The Morgan fingerprint density at radius 1 is 1.00 bits per heavy atom. The van der Waals surface area contributed by atoms with Crippen molar-refractivity contribution >= 4 is 51.7 Å². The molecule has 1 aliphatic heterocycles. The summed E-state index contributed by atoms with van der Waals surface area (Å²) in [7, 11) is 0. The molecule has 1 aliphatic rings. The van der Waals surface area contributed by atoms with E-state index in [-0.39, 0.29) is 24.8 Å². The summed E-state index contributed by atoms with van der Waals surface area (Å²) < 4.78 is 12.1. The summed E-state index contributed by atoms with van der Waals surface area (Å²) >= 11 is 6.56. The summed E-state index contributed by atoms with van der Waals surface area (Å²) in [6.45, 7) is 4.23. The van der Waals surface area contributed by atoms with Gasteiger partial charge in [-0.3, -0.25) is 19.8 Å². The Morgan fingerprint density at radius 3 is 2.42 bits per heavy atom. The molecule has 0 radical (unpaired) electrons. The highest BCUT2D eigenvalue weighted by atomic mass is 32.2. The van der Waals surface area contributed by atoms with Gasteiger partial charge < -0.3 is 9.47 Å². The molecule has 0 aliphatic carbocycles. The average molecular weight is 519 g/mol. The highest BCUT2D eigenvalue weighted by Gasteiger charge is 2.33. The van der Waals surface area contributed by atoms with Crippen LogP contribution in [-0.2, 0) is 11.2 Å². The molecule has 0 saturated carbocycles. The van der Waals surface area contributed by atoms with Crippen molar-refractivity contribution in [2.45, 2.75) is 6.42 Å². The molecule has 36 heavy (non-hydrogen) atoms. The predicted molar refractivity (Wildman–Crippen MR) is 147 cm³/mol. The highest BCUT2D eigenvalue weighted by Crippen LogP contribution is 2.37. The third-order valence-corrected chi connectivity index (χ3v) is 6.54. The number of ether oxygens (including phenoxy) is 2. The van der Waals surface area contributed by atoms with Crippen LogP contribution in [0.4, 0.5) is 11.4 Å². The summed E-state index contributed by atoms with van der Waals surface area (Å²) in [4.78, 5) is 25.8. The molecule has 9 heteroatoms. The molecule has 0 N–H and O–H groups in total. The Labute approximate surface area is 218 Å². The standard InChI is InChI=1S/C27H22N2O5S2/c1-2-8-19-9-6-7-12-23(19)33-15-16-34-24-14-13-22(29(31)32)17-20(24)18-25-26(30)28(27(35)36-25)21-10-4-3-5-11-21/h2-7,9-14,17-18H,1,8,15-16H2. The number of amides is 1. The van der Waals surface area contributed by atoms with Gasteiger partial charge >= 0.3 is 0 Å². The third kappa shape index (κ3) is 5.81. The molecule has 3 aromatic carbocycles. The number of non-ortho nitro benzene ring substituents is 1. The maximum absolute atomic E-state index is 13.1. The lowest BCUT2D eigenvalue weighted by molar-refractivity contribution is -0.384. The first-order chi connectivity index (χ1) is 17.5. The maximum atomic E-state index is 13.1. The molecule has 0 bridgehead atoms. The van der Waals surface area contributed by atoms with Crippen LogP contribution in [0, 0.1) is 10.1 Å². The summed E-state index contributed by atoms with van der Waals surface area (Å²) in [6, 6.07) is 21.0. The number of hydrogen-bond donors (Lipinski definition) is 0. The van der Waals surface area contributed by atoms with Crippen molar-refractivity contribution in [3.05, 3.63) is 112 Å². The Morgan fingerprint density at radius 2 is 1.69 bits per heavy atom. The van der Waals surface area contributed by atoms with Gasteiger partial charge in [0.15, 0.2) is 4.32 Å². The largest absolute Gasteiger partial charge is 0.490 e. The Hall–Kier alpha value is -3.95. The summed E-state index contributed by atoms with van der Waals surface area (Å²) in [5.41, 5.74) is 1.98. The number of thioether (sulfide) groups is 1. The molecule has 7 nitrogen and oxygen atoms in total. The second-order valence-electron chi connectivity index (χ2n) is 7.63. The SMILES string of the molecule is C=CCc1ccccc1OCCOc1ccc([N+](=O)[O-])cc1C=C1SC(=S)N(c2ccccc2)C1=O. The number of para-hydroxylation sites is 2. The van der Waals surface area contributed by atoms with Crippen molar-refractivity contribution in [2.24, 2.45) is 0 Å². The minimum atomic E-state index is -0.490. The van der Waals surface area contributed by atoms with Gasteiger partial charge in [-0.15, -0.1) is 6.58 Å². The lowest BCUT2D eigenvalue weighted by Gasteiger charge is -2.14. The first-order valence-electron chi connectivity index (χ1n) is 11.0. The predicted octanol–water partition coefficient (Wildman–Crippen LogP) is 6.19. The van der Waals surface area contributed by atoms with Crippen LogP contribution in [0.2, 0.25) is 0 Å². The normalized spacial score (nSPS) is 14.2. The van der Waals surface area contributed by atoms with E-state index in [0.29, 0.717) is 32.6 Å². The first kappa shape index (κ1) is 25.2. The van der Waals surface area contributed by atoms with Crippen molar-refractivity contribution in [2.75, 3.05) is 18.1 Å². The van der Waals surface area contributed by atoms with Crippen molar-refractivity contribution < 1.29 is 19.2 Å². The third-order valence-electron chi connectivity index (χ3n) is 5.23. The number of hydrogen-bond acceptors (Lipinski definition) is 7. The molecule has 0 unspecified atom stereocenters. The minimum absolute atomic E-state index is 0.109. The van der Waals surface area contributed by atoms with Crippen LogP contribution in [0.5, 0.6) is 11.5 Å². The monoisotopic (exact) mass is 518 g/mol. The van der Waals surface area contributed by atoms with E-state index in [0.717, 1.165) is 23.1 Å². The van der Waals surface area contributed by atoms with E-state index in [1.807, 2.05) is 48.5 Å². The second-order valence-corrected chi connectivity index (χ2v) is 9.31. The molecule has 182 valence electrons. The molecule has 0 spiro atoms. The van der Waals surface area contributed by atoms with Crippen LogP contribution in [0.1, 0.15) is 11.1 Å². The van der Waals surface area contributed by atoms with Gasteiger partial charge in [0.2, 0.25) is 0 Å². The Kier molecular flexibility index (Phi) is 8.14. The lowest BCUT2D eigenvalue weighted by Crippen LogP contribution is -2.27. The van der Waals surface area contributed by atoms with Gasteiger partial charge in [-0.05, 0) is 42.3 Å². The van der Waals surface area contributed by atoms with Crippen molar-refractivity contribution in [1.29, 1.82) is 0 Å². The molecular weight excluding hydrogens is 496 g/mol. The molecule has 3 aromatic rings. The zero-order valence-electron chi connectivity index (χ0n) is 19.2. The van der Waals surface area contributed by atoms with E-state index < -0.39 is 4.92 Å². The molecule has 0 aromatic heterocycles. The molecule has 0 atom stereocenters. The summed E-state index contributed by atoms with van der Waals surface area (Å²) in [5.74, 6) is 0.846. The average Bonchev–Trinajstić information content (AvgIpc) is 3.16. The van der Waals surface area contributed by atoms with E-state index in [1.54, 1.807) is 18.2 Å². The topological polar surface area (TPSA) is 81.9 Å². The Bertz CT molecular complexity index is 1340. The minimum Gasteiger partial charge on any atom is -0.490 e. The van der Waals surface area contributed by atoms with Crippen molar-refractivity contribution in [3.63, 3.8) is 0 Å². The van der Waals surface area contributed by atoms with Crippen LogP contribution in [0.3, 0.4) is 0 Å². The Balaban J connectivity index is 1.52. The van der Waals surface area contributed by atoms with E-state index in [2.05, 4.69) is 6.58 Å². The van der Waals surface area contributed by atoms with Gasteiger partial charge in [-0.25, -0.2) is 0 Å². The summed E-state index contributed by atoms with van der Waals surface area (Å²) in [6.07, 6.45) is 4.07. The first-order valence-corrected chi connectivity index (χ1v) is 12.3. The molecule has 1 amide bonds. The number of allylic oxidation sites excluding steroid dienone is 1. The number of rotatable bonds is 10. The van der Waals surface area contributed by atoms with Crippen LogP contribution in [0.25, 0.3) is 6.08 Å². The van der Waals surface area contributed by atoms with Crippen LogP contribution in [0.15, 0.2) is 90.4 Å². The van der Waals surface area contributed by atoms with E-state index in [4.69, 9.17) is 21.7 Å². The second kappa shape index (κ2) is 11.7. The summed E-state index contributed by atoms with van der Waals surface area (Å²) in [5, 5.41) is 11.4. The zero-order chi connectivity index (χ0) is 25.5. The van der Waals surface area contributed by atoms with Gasteiger partial charge in [0, 0.05) is 17.7 Å². The molecule has 4 rings (SSSR count). The lowest BCUT2D eigenvalue weighted by atomic mass is 10.1. The fourth-order valence-electron chi connectivity index (χ4n) is 3.57. The number of thiocarbonyl (C=S) groups is 1. The molecule has 1 saturated heterocycles. The van der Waals surface area contributed by atoms with Gasteiger partial charge in [-0.1, -0.05) is 66.5 Å². The number of nitro groups is 1. The molecule has 1 heterocycles. The van der Waals surface area contributed by atoms with Crippen LogP contribution in [-0.4, -0.2) is 28.4 Å². The number of carbonyl (C=O) groups excluding carboxylic acids is 1. The number of carbonyl (C=O) groups is 1. The number of anilines is 1. The number of benzene rings is 3. The fourth-order valence-corrected chi connectivity index (χ4v) is 4.86. The van der Waals surface area contributed by atoms with E-state index >= 15 is 0 Å². The van der Waals surface area contributed by atoms with E-state index in [9.17, 15) is 14.9 Å². The molecule has 1 fully saturated rings. The number of nitro benzene ring substituents is 1. The van der Waals surface area contributed by atoms with Gasteiger partial charge in [0.05, 0.1) is 15.5 Å². The number of nitrogens with zero attached hydrogens (tertiary/aromatic N) is 2. The van der Waals surface area contributed by atoms with Gasteiger partial charge in [0.25, 0.3) is 11.6 Å². The zero-order valence-corrected chi connectivity index (χ0v) is 20.8. The van der Waals surface area contributed by atoms with Crippen LogP contribution < -0.4 is 14.4 Å². The smallest absolute Gasteiger partial charge is 0.270 e. The van der Waals surface area contributed by atoms with Crippen LogP contribution >= 0.6 is 24.0 Å². The fraction of sp³-hybridized carbons (Fsp3) is 0.111. The quantitative estimate of drug-likeness (QED) is 0.0791. The molecular formula is C27H22N2O5S2. The van der Waals surface area contributed by atoms with Gasteiger partial charge in [0.1, 0.15) is 24.7 Å². The van der Waals surface area contributed by atoms with Gasteiger partial charge in [-0.2, -0.15) is 0 Å². The van der Waals surface area contributed by atoms with Crippen molar-refractivity contribution in [1.82, 2.24) is 0 Å². The highest BCUT2D eigenvalue weighted by molar-refractivity contribution is 8.27. The van der Waals surface area contributed by atoms with Crippen molar-refractivity contribution in [3.8, 4) is 11.5 Å². The maximum Gasteiger partial charge on any atom is 0.270 e.